The Morgan fingerprint density at radius 2 is 2.22 bits per heavy atom. The van der Waals surface area contributed by atoms with E-state index in [2.05, 4.69) is 19.2 Å². The number of phenolic OH excluding ortho intramolecular Hbond substituents is 1. The molecule has 1 aliphatic carbocycles. The number of ether oxygens (including phenoxy) is 1. The number of fused-ring (bicyclic) bond motifs is 1. The Bertz CT molecular complexity index is 456. The topological polar surface area (TPSA) is 41.5 Å². The van der Waals surface area contributed by atoms with E-state index in [1.807, 2.05) is 6.07 Å². The van der Waals surface area contributed by atoms with Crippen molar-refractivity contribution in [2.45, 2.75) is 45.2 Å². The SMILES string of the molecule is CC1(C)CCCC1NC1COc2cc(O)ccc21. The Labute approximate surface area is 108 Å². The van der Waals surface area contributed by atoms with E-state index in [4.69, 9.17) is 4.74 Å². The van der Waals surface area contributed by atoms with Crippen molar-refractivity contribution in [2.75, 3.05) is 6.61 Å². The van der Waals surface area contributed by atoms with Gasteiger partial charge in [-0.25, -0.2) is 0 Å². The van der Waals surface area contributed by atoms with Gasteiger partial charge in [-0.3, -0.25) is 0 Å². The molecule has 98 valence electrons. The predicted molar refractivity (Wildman–Crippen MR) is 70.9 cm³/mol. The fourth-order valence-electron chi connectivity index (χ4n) is 3.22. The van der Waals surface area contributed by atoms with Crippen LogP contribution >= 0.6 is 0 Å². The molecule has 0 spiro atoms. The first-order valence-corrected chi connectivity index (χ1v) is 6.78. The van der Waals surface area contributed by atoms with Gasteiger partial charge in [0.05, 0.1) is 6.04 Å². The summed E-state index contributed by atoms with van der Waals surface area (Å²) in [6, 6.07) is 6.24. The number of rotatable bonds is 2. The van der Waals surface area contributed by atoms with E-state index >= 15 is 0 Å². The summed E-state index contributed by atoms with van der Waals surface area (Å²) in [5.74, 6) is 1.10. The first-order chi connectivity index (χ1) is 8.56. The molecule has 3 nitrogen and oxygen atoms in total. The molecule has 0 aromatic heterocycles. The second-order valence-corrected chi connectivity index (χ2v) is 6.19. The van der Waals surface area contributed by atoms with Crippen molar-refractivity contribution in [3.05, 3.63) is 23.8 Å². The number of benzene rings is 1. The lowest BCUT2D eigenvalue weighted by molar-refractivity contribution is 0.235. The Kier molecular flexibility index (Phi) is 2.74. The summed E-state index contributed by atoms with van der Waals surface area (Å²) in [7, 11) is 0. The molecule has 1 fully saturated rings. The second kappa shape index (κ2) is 4.16. The molecule has 1 aliphatic heterocycles. The van der Waals surface area contributed by atoms with Crippen LogP contribution in [0.5, 0.6) is 11.5 Å². The van der Waals surface area contributed by atoms with E-state index in [0.717, 1.165) is 5.75 Å². The molecule has 0 radical (unpaired) electrons. The van der Waals surface area contributed by atoms with Gasteiger partial charge in [-0.15, -0.1) is 0 Å². The number of nitrogens with one attached hydrogen (secondary N) is 1. The molecule has 3 heteroatoms. The van der Waals surface area contributed by atoms with Crippen molar-refractivity contribution in [2.24, 2.45) is 5.41 Å². The van der Waals surface area contributed by atoms with Crippen LogP contribution in [-0.2, 0) is 0 Å². The van der Waals surface area contributed by atoms with Gasteiger partial charge < -0.3 is 15.2 Å². The first kappa shape index (κ1) is 11.8. The highest BCUT2D eigenvalue weighted by Gasteiger charge is 2.37. The standard InChI is InChI=1S/C15H21NO2/c1-15(2)7-3-4-14(15)16-12-9-18-13-8-10(17)5-6-11(12)13/h5-6,8,12,14,16-17H,3-4,7,9H2,1-2H3. The van der Waals surface area contributed by atoms with Crippen LogP contribution in [-0.4, -0.2) is 17.8 Å². The van der Waals surface area contributed by atoms with Gasteiger partial charge in [0.15, 0.2) is 0 Å². The van der Waals surface area contributed by atoms with E-state index in [9.17, 15) is 5.11 Å². The third-order valence-corrected chi connectivity index (χ3v) is 4.44. The van der Waals surface area contributed by atoms with Crippen molar-refractivity contribution in [3.63, 3.8) is 0 Å². The lowest BCUT2D eigenvalue weighted by atomic mass is 9.86. The summed E-state index contributed by atoms with van der Waals surface area (Å²) in [6.07, 6.45) is 3.85. The maximum Gasteiger partial charge on any atom is 0.127 e. The number of hydrogen-bond donors (Lipinski definition) is 2. The van der Waals surface area contributed by atoms with Crippen LogP contribution in [0.1, 0.15) is 44.7 Å². The molecule has 1 heterocycles. The Morgan fingerprint density at radius 1 is 1.39 bits per heavy atom. The molecular weight excluding hydrogens is 226 g/mol. The maximum atomic E-state index is 9.45. The minimum Gasteiger partial charge on any atom is -0.508 e. The lowest BCUT2D eigenvalue weighted by Gasteiger charge is -2.30. The van der Waals surface area contributed by atoms with Gasteiger partial charge >= 0.3 is 0 Å². The maximum absolute atomic E-state index is 9.45. The summed E-state index contributed by atoms with van der Waals surface area (Å²) in [6.45, 7) is 5.35. The van der Waals surface area contributed by atoms with Crippen molar-refractivity contribution in [3.8, 4) is 11.5 Å². The molecule has 0 amide bonds. The molecular formula is C15H21NO2. The van der Waals surface area contributed by atoms with Crippen molar-refractivity contribution in [1.82, 2.24) is 5.32 Å². The van der Waals surface area contributed by atoms with Crippen LogP contribution in [0.25, 0.3) is 0 Å². The fourth-order valence-corrected chi connectivity index (χ4v) is 3.22. The van der Waals surface area contributed by atoms with Crippen molar-refractivity contribution >= 4 is 0 Å². The van der Waals surface area contributed by atoms with E-state index < -0.39 is 0 Å². The molecule has 2 aliphatic rings. The van der Waals surface area contributed by atoms with Crippen LogP contribution in [0, 0.1) is 5.41 Å². The summed E-state index contributed by atoms with van der Waals surface area (Å²) in [5.41, 5.74) is 1.55. The molecule has 2 N–H and O–H groups in total. The summed E-state index contributed by atoms with van der Waals surface area (Å²) < 4.78 is 5.65. The predicted octanol–water partition coefficient (Wildman–Crippen LogP) is 2.99. The van der Waals surface area contributed by atoms with E-state index in [1.54, 1.807) is 12.1 Å². The van der Waals surface area contributed by atoms with Gasteiger partial charge in [0.2, 0.25) is 0 Å². The van der Waals surface area contributed by atoms with Gasteiger partial charge in [-0.1, -0.05) is 20.3 Å². The smallest absolute Gasteiger partial charge is 0.127 e. The van der Waals surface area contributed by atoms with Gasteiger partial charge in [0, 0.05) is 17.7 Å². The molecule has 1 aromatic carbocycles. The van der Waals surface area contributed by atoms with Crippen molar-refractivity contribution in [1.29, 1.82) is 0 Å². The van der Waals surface area contributed by atoms with Crippen LogP contribution in [0.3, 0.4) is 0 Å². The lowest BCUT2D eigenvalue weighted by Crippen LogP contribution is -2.40. The van der Waals surface area contributed by atoms with E-state index in [0.29, 0.717) is 18.1 Å². The molecule has 3 rings (SSSR count). The normalized spacial score (nSPS) is 29.0. The van der Waals surface area contributed by atoms with E-state index in [1.165, 1.54) is 24.8 Å². The average Bonchev–Trinajstić information content (AvgIpc) is 2.84. The Hall–Kier alpha value is -1.22. The molecule has 2 unspecified atom stereocenters. The number of hydrogen-bond acceptors (Lipinski definition) is 3. The van der Waals surface area contributed by atoms with Crippen molar-refractivity contribution < 1.29 is 9.84 Å². The Balaban J connectivity index is 1.77. The molecule has 0 bridgehead atoms. The zero-order valence-corrected chi connectivity index (χ0v) is 11.1. The minimum atomic E-state index is 0.267. The second-order valence-electron chi connectivity index (χ2n) is 6.19. The zero-order chi connectivity index (χ0) is 12.8. The van der Waals surface area contributed by atoms with E-state index in [-0.39, 0.29) is 11.8 Å². The molecule has 1 aromatic rings. The highest BCUT2D eigenvalue weighted by molar-refractivity contribution is 5.44. The third kappa shape index (κ3) is 1.97. The number of aromatic hydroxyl groups is 1. The molecule has 1 saturated carbocycles. The zero-order valence-electron chi connectivity index (χ0n) is 11.1. The van der Waals surface area contributed by atoms with Gasteiger partial charge in [-0.05, 0) is 30.4 Å². The van der Waals surface area contributed by atoms with Crippen LogP contribution in [0.4, 0.5) is 0 Å². The largest absolute Gasteiger partial charge is 0.508 e. The third-order valence-electron chi connectivity index (χ3n) is 4.44. The molecule has 18 heavy (non-hydrogen) atoms. The van der Waals surface area contributed by atoms with Gasteiger partial charge in [-0.2, -0.15) is 0 Å². The highest BCUT2D eigenvalue weighted by Crippen LogP contribution is 2.41. The van der Waals surface area contributed by atoms with Gasteiger partial charge in [0.25, 0.3) is 0 Å². The highest BCUT2D eigenvalue weighted by atomic mass is 16.5. The molecule has 0 saturated heterocycles. The number of phenols is 1. The van der Waals surface area contributed by atoms with Crippen LogP contribution in [0.2, 0.25) is 0 Å². The monoisotopic (exact) mass is 247 g/mol. The quantitative estimate of drug-likeness (QED) is 0.844. The van der Waals surface area contributed by atoms with Gasteiger partial charge in [0.1, 0.15) is 18.1 Å². The van der Waals surface area contributed by atoms with Crippen LogP contribution < -0.4 is 10.1 Å². The molecule has 2 atom stereocenters. The minimum absolute atomic E-state index is 0.267. The summed E-state index contributed by atoms with van der Waals surface area (Å²) in [5, 5.41) is 13.2. The summed E-state index contributed by atoms with van der Waals surface area (Å²) >= 11 is 0. The summed E-state index contributed by atoms with van der Waals surface area (Å²) in [4.78, 5) is 0. The fraction of sp³-hybridized carbons (Fsp3) is 0.600. The van der Waals surface area contributed by atoms with Crippen LogP contribution in [0.15, 0.2) is 18.2 Å². The average molecular weight is 247 g/mol. The first-order valence-electron chi connectivity index (χ1n) is 6.78. The Morgan fingerprint density at radius 3 is 2.94 bits per heavy atom.